The van der Waals surface area contributed by atoms with E-state index in [1.54, 1.807) is 24.3 Å². The third-order valence-corrected chi connectivity index (χ3v) is 11.0. The maximum absolute atomic E-state index is 11.8. The van der Waals surface area contributed by atoms with Gasteiger partial charge in [0, 0.05) is 41.2 Å². The van der Waals surface area contributed by atoms with Gasteiger partial charge in [-0.05, 0) is 12.1 Å². The molecule has 3 rings (SSSR count). The number of benzene rings is 1. The molecule has 2 heterocycles. The largest absolute Gasteiger partial charge is 0.489 e. The zero-order chi connectivity index (χ0) is 27.0. The lowest BCUT2D eigenvalue weighted by Gasteiger charge is -2.20. The minimum Gasteiger partial charge on any atom is -0.489 e. The first kappa shape index (κ1) is 31.1. The van der Waals surface area contributed by atoms with Crippen molar-refractivity contribution in [2.45, 2.75) is 21.4 Å². The van der Waals surface area contributed by atoms with Crippen LogP contribution in [0.4, 0.5) is 0 Å². The van der Waals surface area contributed by atoms with Crippen molar-refractivity contribution in [3.63, 3.8) is 0 Å². The number of carbonyl (C=O) groups excluding carboxylic acids is 2. The fourth-order valence-corrected chi connectivity index (χ4v) is 8.57. The van der Waals surface area contributed by atoms with Gasteiger partial charge in [-0.3, -0.25) is 0 Å². The zero-order valence-corrected chi connectivity index (χ0v) is 24.4. The molecule has 0 radical (unpaired) electrons. The van der Waals surface area contributed by atoms with Crippen LogP contribution in [0.5, 0.6) is 11.5 Å². The second-order valence-corrected chi connectivity index (χ2v) is 13.9. The van der Waals surface area contributed by atoms with Gasteiger partial charge in [0.1, 0.15) is 24.7 Å². The lowest BCUT2D eigenvalue weighted by molar-refractivity contribution is -0.148. The van der Waals surface area contributed by atoms with Crippen LogP contribution >= 0.6 is 47.0 Å². The first-order chi connectivity index (χ1) is 18.6. The molecule has 210 valence electrons. The Morgan fingerprint density at radius 3 is 1.58 bits per heavy atom. The van der Waals surface area contributed by atoms with Gasteiger partial charge < -0.3 is 28.4 Å². The van der Waals surface area contributed by atoms with Crippen molar-refractivity contribution >= 4 is 59.0 Å². The summed E-state index contributed by atoms with van der Waals surface area (Å²) < 4.78 is 34.9. The van der Waals surface area contributed by atoms with E-state index >= 15 is 0 Å². The molecule has 0 N–H and O–H groups in total. The predicted octanol–water partition coefficient (Wildman–Crippen LogP) is 4.29. The lowest BCUT2D eigenvalue weighted by atomic mass is 10.3. The first-order valence-corrected chi connectivity index (χ1v) is 16.4. The van der Waals surface area contributed by atoms with Crippen LogP contribution in [-0.2, 0) is 28.5 Å². The molecule has 2 atom stereocenters. The summed E-state index contributed by atoms with van der Waals surface area (Å²) in [5, 5.41) is 0. The topological polar surface area (TPSA) is 89.5 Å². The SMILES string of the molecule is C=CC(=O)OC(COCC1SCCS1)COc1cccc(OCC(COCC2SCCS2)OC(=O)C=C)c1. The van der Waals surface area contributed by atoms with Gasteiger partial charge in [0.05, 0.1) is 35.6 Å². The molecule has 0 spiro atoms. The van der Waals surface area contributed by atoms with Gasteiger partial charge in [-0.2, -0.15) is 0 Å². The van der Waals surface area contributed by atoms with Crippen LogP contribution in [0.25, 0.3) is 0 Å². The van der Waals surface area contributed by atoms with Crippen molar-refractivity contribution in [1.82, 2.24) is 0 Å². The Hall–Kier alpha value is -1.44. The highest BCUT2D eigenvalue weighted by Gasteiger charge is 2.21. The smallest absolute Gasteiger partial charge is 0.330 e. The van der Waals surface area contributed by atoms with Crippen LogP contribution in [0.2, 0.25) is 0 Å². The Balaban J connectivity index is 1.47. The van der Waals surface area contributed by atoms with E-state index < -0.39 is 24.1 Å². The zero-order valence-electron chi connectivity index (χ0n) is 21.2. The summed E-state index contributed by atoms with van der Waals surface area (Å²) in [6.07, 6.45) is 1.07. The van der Waals surface area contributed by atoms with E-state index in [9.17, 15) is 9.59 Å². The second-order valence-electron chi connectivity index (χ2n) is 8.04. The van der Waals surface area contributed by atoms with Gasteiger partial charge in [-0.15, -0.1) is 47.0 Å². The highest BCUT2D eigenvalue weighted by atomic mass is 32.2. The van der Waals surface area contributed by atoms with Crippen LogP contribution < -0.4 is 9.47 Å². The summed E-state index contributed by atoms with van der Waals surface area (Å²) in [6, 6.07) is 7.07. The van der Waals surface area contributed by atoms with Crippen molar-refractivity contribution in [2.75, 3.05) is 62.7 Å². The van der Waals surface area contributed by atoms with E-state index in [1.165, 1.54) is 0 Å². The average molecular weight is 603 g/mol. The Morgan fingerprint density at radius 2 is 1.18 bits per heavy atom. The Bertz CT molecular complexity index is 823. The third kappa shape index (κ3) is 12.2. The monoisotopic (exact) mass is 602 g/mol. The first-order valence-electron chi connectivity index (χ1n) is 12.2. The minimum absolute atomic E-state index is 0.110. The molecule has 2 unspecified atom stereocenters. The van der Waals surface area contributed by atoms with Gasteiger partial charge in [-0.25, -0.2) is 9.59 Å². The van der Waals surface area contributed by atoms with Crippen LogP contribution in [0.15, 0.2) is 49.6 Å². The van der Waals surface area contributed by atoms with Crippen LogP contribution in [0.3, 0.4) is 0 Å². The standard InChI is InChI=1S/C26H34O8S4/c1-3-23(27)33-21(13-29-17-25-35-8-9-36-25)15-31-19-6-5-7-20(12-19)32-16-22(34-24(28)4-2)14-30-18-26-37-10-11-38-26/h3-7,12,21-22,25-26H,1-2,8-11,13-18H2. The Kier molecular flexibility index (Phi) is 14.7. The number of hydrogen-bond donors (Lipinski definition) is 0. The Labute approximate surface area is 241 Å². The molecule has 2 saturated heterocycles. The van der Waals surface area contributed by atoms with Gasteiger partial charge in [0.2, 0.25) is 0 Å². The normalized spacial score (nSPS) is 17.5. The predicted molar refractivity (Wildman–Crippen MR) is 157 cm³/mol. The molecule has 0 saturated carbocycles. The van der Waals surface area contributed by atoms with Crippen molar-refractivity contribution in [1.29, 1.82) is 0 Å². The van der Waals surface area contributed by atoms with Crippen LogP contribution in [0, 0.1) is 0 Å². The molecule has 0 bridgehead atoms. The van der Waals surface area contributed by atoms with Crippen molar-refractivity contribution in [3.8, 4) is 11.5 Å². The molecular formula is C26H34O8S4. The summed E-state index contributed by atoms with van der Waals surface area (Å²) >= 11 is 7.49. The van der Waals surface area contributed by atoms with E-state index in [2.05, 4.69) is 13.2 Å². The van der Waals surface area contributed by atoms with Crippen molar-refractivity contribution < 1.29 is 38.0 Å². The summed E-state index contributed by atoms with van der Waals surface area (Å²) in [5.74, 6) is 4.51. The lowest BCUT2D eigenvalue weighted by Crippen LogP contribution is -2.30. The molecule has 38 heavy (non-hydrogen) atoms. The summed E-state index contributed by atoms with van der Waals surface area (Å²) in [5.41, 5.74) is 0. The Morgan fingerprint density at radius 1 is 0.763 bits per heavy atom. The number of esters is 2. The quantitative estimate of drug-likeness (QED) is 0.177. The van der Waals surface area contributed by atoms with Gasteiger partial charge in [0.15, 0.2) is 12.2 Å². The van der Waals surface area contributed by atoms with E-state index in [0.717, 1.165) is 35.2 Å². The maximum atomic E-state index is 11.8. The molecule has 8 nitrogen and oxygen atoms in total. The summed E-state index contributed by atoms with van der Waals surface area (Å²) in [4.78, 5) is 23.5. The highest BCUT2D eigenvalue weighted by molar-refractivity contribution is 8.20. The van der Waals surface area contributed by atoms with Crippen LogP contribution in [-0.4, -0.2) is 96.0 Å². The molecule has 2 fully saturated rings. The van der Waals surface area contributed by atoms with Crippen molar-refractivity contribution in [3.05, 3.63) is 49.6 Å². The van der Waals surface area contributed by atoms with Gasteiger partial charge >= 0.3 is 11.9 Å². The average Bonchev–Trinajstić information content (AvgIpc) is 3.65. The highest BCUT2D eigenvalue weighted by Crippen LogP contribution is 2.32. The molecule has 0 aromatic heterocycles. The van der Waals surface area contributed by atoms with E-state index in [4.69, 9.17) is 28.4 Å². The van der Waals surface area contributed by atoms with Crippen molar-refractivity contribution in [2.24, 2.45) is 0 Å². The fraction of sp³-hybridized carbons (Fsp3) is 0.538. The molecule has 1 aromatic rings. The molecule has 12 heteroatoms. The number of rotatable bonds is 18. The molecule has 1 aromatic carbocycles. The number of ether oxygens (including phenoxy) is 6. The molecular weight excluding hydrogens is 569 g/mol. The van der Waals surface area contributed by atoms with Gasteiger partial charge in [-0.1, -0.05) is 19.2 Å². The molecule has 0 aliphatic carbocycles. The number of carbonyl (C=O) groups is 2. The molecule has 2 aliphatic rings. The molecule has 0 amide bonds. The second kappa shape index (κ2) is 18.0. The molecule has 2 aliphatic heterocycles. The van der Waals surface area contributed by atoms with E-state index in [-0.39, 0.29) is 26.4 Å². The third-order valence-electron chi connectivity index (χ3n) is 5.07. The van der Waals surface area contributed by atoms with Crippen LogP contribution in [0.1, 0.15) is 0 Å². The number of hydrogen-bond acceptors (Lipinski definition) is 12. The summed E-state index contributed by atoms with van der Waals surface area (Å²) in [7, 11) is 0. The summed E-state index contributed by atoms with van der Waals surface area (Å²) in [6.45, 7) is 8.75. The van der Waals surface area contributed by atoms with Gasteiger partial charge in [0.25, 0.3) is 0 Å². The van der Waals surface area contributed by atoms with E-state index in [1.807, 2.05) is 47.0 Å². The fourth-order valence-electron chi connectivity index (χ4n) is 3.29. The maximum Gasteiger partial charge on any atom is 0.330 e. The minimum atomic E-state index is -0.586. The van der Waals surface area contributed by atoms with E-state index in [0.29, 0.717) is 33.9 Å². The number of thioether (sulfide) groups is 4.